The molecule has 0 aromatic carbocycles. The number of hydrogen-bond donors (Lipinski definition) is 3. The molecule has 0 fully saturated rings. The number of aliphatic hydroxyl groups excluding tert-OH is 2. The van der Waals surface area contributed by atoms with E-state index in [0.29, 0.717) is 19.3 Å². The minimum absolute atomic E-state index is 0.0657. The third-order valence-corrected chi connectivity index (χ3v) is 11.6. The van der Waals surface area contributed by atoms with Gasteiger partial charge in [-0.2, -0.15) is 0 Å². The summed E-state index contributed by atoms with van der Waals surface area (Å²) in [5.74, 6) is -0.495. The van der Waals surface area contributed by atoms with Crippen molar-refractivity contribution >= 4 is 11.9 Å². The van der Waals surface area contributed by atoms with Crippen LogP contribution < -0.4 is 5.32 Å². The van der Waals surface area contributed by atoms with E-state index < -0.39 is 18.2 Å². The van der Waals surface area contributed by atoms with Crippen molar-refractivity contribution in [3.8, 4) is 0 Å². The molecule has 0 aliphatic rings. The number of aliphatic hydroxyl groups is 2. The average Bonchev–Trinajstić information content (AvgIpc) is 3.25. The first-order chi connectivity index (χ1) is 30.0. The van der Waals surface area contributed by atoms with Gasteiger partial charge in [0, 0.05) is 6.42 Å². The zero-order valence-corrected chi connectivity index (χ0v) is 40.3. The van der Waals surface area contributed by atoms with Crippen LogP contribution in [0.15, 0.2) is 60.8 Å². The SMILES string of the molecule is CC/C=C/C/C=C/C/C=C/CCCCCCCCC(=O)OC(CCCCCCCCC/C=C\C/C=C\CCCCC)CC(=O)NC(CO)C(O)CCCCCCCCCCC. The quantitative estimate of drug-likeness (QED) is 0.0322. The number of hydrogen-bond acceptors (Lipinski definition) is 5. The number of carbonyl (C=O) groups excluding carboxylic acids is 2. The van der Waals surface area contributed by atoms with Crippen molar-refractivity contribution in [1.82, 2.24) is 5.32 Å². The van der Waals surface area contributed by atoms with Gasteiger partial charge in [0.1, 0.15) is 6.10 Å². The lowest BCUT2D eigenvalue weighted by Crippen LogP contribution is -2.46. The summed E-state index contributed by atoms with van der Waals surface area (Å²) < 4.78 is 5.93. The molecule has 0 rings (SSSR count). The van der Waals surface area contributed by atoms with Crippen molar-refractivity contribution in [3.05, 3.63) is 60.8 Å². The van der Waals surface area contributed by atoms with Crippen LogP contribution in [0.3, 0.4) is 0 Å². The number of amides is 1. The molecule has 0 saturated carbocycles. The molecule has 0 spiro atoms. The van der Waals surface area contributed by atoms with Crippen LogP contribution in [0.25, 0.3) is 0 Å². The Labute approximate surface area is 378 Å². The Morgan fingerprint density at radius 3 is 1.38 bits per heavy atom. The Balaban J connectivity index is 4.61. The molecule has 3 N–H and O–H groups in total. The second-order valence-corrected chi connectivity index (χ2v) is 17.5. The monoisotopic (exact) mass is 854 g/mol. The van der Waals surface area contributed by atoms with E-state index in [-0.39, 0.29) is 24.9 Å². The van der Waals surface area contributed by atoms with Crippen molar-refractivity contribution < 1.29 is 24.5 Å². The molecule has 0 bridgehead atoms. The number of rotatable bonds is 46. The van der Waals surface area contributed by atoms with E-state index in [0.717, 1.165) is 96.3 Å². The zero-order valence-electron chi connectivity index (χ0n) is 40.3. The Kier molecular flexibility index (Phi) is 46.6. The van der Waals surface area contributed by atoms with Gasteiger partial charge in [-0.3, -0.25) is 9.59 Å². The van der Waals surface area contributed by atoms with Gasteiger partial charge in [-0.25, -0.2) is 0 Å². The summed E-state index contributed by atoms with van der Waals surface area (Å²) in [7, 11) is 0. The van der Waals surface area contributed by atoms with Crippen molar-refractivity contribution in [1.29, 1.82) is 0 Å². The van der Waals surface area contributed by atoms with E-state index in [4.69, 9.17) is 4.74 Å². The predicted octanol–water partition coefficient (Wildman–Crippen LogP) is 15.6. The van der Waals surface area contributed by atoms with Crippen LogP contribution in [0.5, 0.6) is 0 Å². The smallest absolute Gasteiger partial charge is 0.306 e. The third kappa shape index (κ3) is 44.0. The van der Waals surface area contributed by atoms with Crippen LogP contribution in [0.4, 0.5) is 0 Å². The summed E-state index contributed by atoms with van der Waals surface area (Å²) in [6, 6.07) is -0.707. The molecule has 6 heteroatoms. The third-order valence-electron chi connectivity index (χ3n) is 11.6. The summed E-state index contributed by atoms with van der Waals surface area (Å²) >= 11 is 0. The minimum atomic E-state index is -0.792. The summed E-state index contributed by atoms with van der Waals surface area (Å²) in [5.41, 5.74) is 0. The van der Waals surface area contributed by atoms with Gasteiger partial charge in [-0.1, -0.05) is 210 Å². The minimum Gasteiger partial charge on any atom is -0.462 e. The Morgan fingerprint density at radius 2 is 0.885 bits per heavy atom. The highest BCUT2D eigenvalue weighted by molar-refractivity contribution is 5.77. The first-order valence-electron chi connectivity index (χ1n) is 26.0. The fourth-order valence-electron chi connectivity index (χ4n) is 7.65. The maximum Gasteiger partial charge on any atom is 0.306 e. The van der Waals surface area contributed by atoms with Crippen LogP contribution >= 0.6 is 0 Å². The highest BCUT2D eigenvalue weighted by Gasteiger charge is 2.24. The predicted molar refractivity (Wildman–Crippen MR) is 264 cm³/mol. The normalized spacial score (nSPS) is 13.7. The topological polar surface area (TPSA) is 95.9 Å². The molecule has 3 atom stereocenters. The lowest BCUT2D eigenvalue weighted by molar-refractivity contribution is -0.151. The van der Waals surface area contributed by atoms with Crippen molar-refractivity contribution in [2.75, 3.05) is 6.61 Å². The average molecular weight is 854 g/mol. The lowest BCUT2D eigenvalue weighted by Gasteiger charge is -2.24. The highest BCUT2D eigenvalue weighted by Crippen LogP contribution is 2.18. The number of allylic oxidation sites excluding steroid dienone is 10. The van der Waals surface area contributed by atoms with Gasteiger partial charge in [0.2, 0.25) is 5.91 Å². The number of nitrogens with one attached hydrogen (secondary N) is 1. The number of ether oxygens (including phenoxy) is 1. The standard InChI is InChI=1S/C55H99NO5/c1-4-7-10-13-16-19-21-23-25-27-28-30-32-35-37-40-43-46-51(49-54(59)56-52(50-57)53(58)47-44-41-38-34-18-15-12-9-6-3)61-55(60)48-45-42-39-36-33-31-29-26-24-22-20-17-14-11-8-5-2/h8,11,16-17,19-20,23-26,51-53,57-58H,4-7,9-10,12-15,18,21-22,27-50H2,1-3H3,(H,56,59)/b11-8+,19-16-,20-17+,25-23-,26-24+. The molecule has 3 unspecified atom stereocenters. The summed E-state index contributed by atoms with van der Waals surface area (Å²) in [6.45, 7) is 6.33. The molecular weight excluding hydrogens is 755 g/mol. The van der Waals surface area contributed by atoms with Crippen molar-refractivity contribution in [3.63, 3.8) is 0 Å². The maximum absolute atomic E-state index is 13.2. The Morgan fingerprint density at radius 1 is 0.492 bits per heavy atom. The molecule has 0 aromatic rings. The van der Waals surface area contributed by atoms with Gasteiger partial charge < -0.3 is 20.3 Å². The summed E-state index contributed by atoms with van der Waals surface area (Å²) in [5, 5.41) is 23.7. The highest BCUT2D eigenvalue weighted by atomic mass is 16.5. The van der Waals surface area contributed by atoms with Crippen LogP contribution in [-0.2, 0) is 14.3 Å². The maximum atomic E-state index is 13.2. The molecule has 61 heavy (non-hydrogen) atoms. The van der Waals surface area contributed by atoms with E-state index in [1.165, 1.54) is 109 Å². The van der Waals surface area contributed by atoms with Gasteiger partial charge >= 0.3 is 5.97 Å². The molecule has 0 radical (unpaired) electrons. The zero-order chi connectivity index (χ0) is 44.5. The van der Waals surface area contributed by atoms with E-state index >= 15 is 0 Å². The number of esters is 1. The van der Waals surface area contributed by atoms with Crippen LogP contribution in [0, 0.1) is 0 Å². The molecule has 0 aliphatic heterocycles. The van der Waals surface area contributed by atoms with Crippen LogP contribution in [0.1, 0.15) is 252 Å². The molecule has 0 aromatic heterocycles. The first-order valence-corrected chi connectivity index (χ1v) is 26.0. The molecule has 0 heterocycles. The van der Waals surface area contributed by atoms with Gasteiger partial charge in [-0.05, 0) is 89.9 Å². The van der Waals surface area contributed by atoms with Gasteiger partial charge in [-0.15, -0.1) is 0 Å². The Bertz CT molecular complexity index is 1090. The van der Waals surface area contributed by atoms with Crippen molar-refractivity contribution in [2.24, 2.45) is 0 Å². The number of carbonyl (C=O) groups is 2. The summed E-state index contributed by atoms with van der Waals surface area (Å²) in [4.78, 5) is 26.1. The molecule has 0 saturated heterocycles. The summed E-state index contributed by atoms with van der Waals surface area (Å²) in [6.07, 6.45) is 59.9. The van der Waals surface area contributed by atoms with E-state index in [1.807, 2.05) is 0 Å². The van der Waals surface area contributed by atoms with E-state index in [2.05, 4.69) is 86.8 Å². The largest absolute Gasteiger partial charge is 0.462 e. The van der Waals surface area contributed by atoms with Gasteiger partial charge in [0.25, 0.3) is 0 Å². The fourth-order valence-corrected chi connectivity index (χ4v) is 7.65. The first kappa shape index (κ1) is 58.6. The molecule has 1 amide bonds. The van der Waals surface area contributed by atoms with Crippen LogP contribution in [-0.4, -0.2) is 46.9 Å². The molecular formula is C55H99NO5. The molecule has 354 valence electrons. The Hall–Kier alpha value is -2.44. The molecule has 0 aliphatic carbocycles. The van der Waals surface area contributed by atoms with Crippen molar-refractivity contribution in [2.45, 2.75) is 270 Å². The van der Waals surface area contributed by atoms with E-state index in [1.54, 1.807) is 0 Å². The van der Waals surface area contributed by atoms with Gasteiger partial charge in [0.05, 0.1) is 25.2 Å². The van der Waals surface area contributed by atoms with Gasteiger partial charge in [0.15, 0.2) is 0 Å². The molecule has 6 nitrogen and oxygen atoms in total. The van der Waals surface area contributed by atoms with Crippen LogP contribution in [0.2, 0.25) is 0 Å². The lowest BCUT2D eigenvalue weighted by atomic mass is 10.0. The second-order valence-electron chi connectivity index (χ2n) is 17.5. The second kappa shape index (κ2) is 48.6. The fraction of sp³-hybridized carbons (Fsp3) is 0.782. The van der Waals surface area contributed by atoms with E-state index in [9.17, 15) is 19.8 Å². The number of unbranched alkanes of at least 4 members (excludes halogenated alkanes) is 24.